The second kappa shape index (κ2) is 9.63. The normalized spacial score (nSPS) is 19.0. The van der Waals surface area contributed by atoms with E-state index in [-0.39, 0.29) is 12.5 Å². The Morgan fingerprint density at radius 1 is 0.780 bits per heavy atom. The Kier molecular flexibility index (Phi) is 5.89. The largest absolute Gasteiger partial charge is 0.465 e. The summed E-state index contributed by atoms with van der Waals surface area (Å²) in [6, 6.07) is 37.4. The minimum absolute atomic E-state index is 0.0141. The molecule has 1 atom stereocenters. The molecule has 5 aromatic rings. The van der Waals surface area contributed by atoms with Crippen LogP contribution in [0.5, 0.6) is 0 Å². The molecule has 2 fully saturated rings. The Bertz CT molecular complexity index is 1640. The van der Waals surface area contributed by atoms with Crippen LogP contribution in [0.4, 0.5) is 10.5 Å². The van der Waals surface area contributed by atoms with Gasteiger partial charge < -0.3 is 14.9 Å². The average Bonchev–Trinajstić information content (AvgIpc) is 3.73. The summed E-state index contributed by atoms with van der Waals surface area (Å²) in [5.41, 5.74) is 3.68. The molecule has 2 aliphatic heterocycles. The monoisotopic (exact) mass is 542 g/mol. The summed E-state index contributed by atoms with van der Waals surface area (Å²) in [5.74, 6) is 0.0141. The van der Waals surface area contributed by atoms with Gasteiger partial charge in [-0.25, -0.2) is 9.48 Å². The summed E-state index contributed by atoms with van der Waals surface area (Å²) in [6.45, 7) is 1.25. The van der Waals surface area contributed by atoms with E-state index in [4.69, 9.17) is 5.10 Å². The van der Waals surface area contributed by atoms with Crippen LogP contribution in [0.2, 0.25) is 0 Å². The van der Waals surface area contributed by atoms with Crippen molar-refractivity contribution in [2.75, 3.05) is 24.5 Å². The Morgan fingerprint density at radius 2 is 1.34 bits per heavy atom. The molecule has 1 N–H and O–H groups in total. The van der Waals surface area contributed by atoms with Gasteiger partial charge in [0.2, 0.25) is 5.91 Å². The molecule has 2 amide bonds. The quantitative estimate of drug-likeness (QED) is 0.277. The molecular formula is C34H30N4O3. The lowest BCUT2D eigenvalue weighted by molar-refractivity contribution is -0.124. The Labute approximate surface area is 238 Å². The first kappa shape index (κ1) is 25.1. The highest BCUT2D eigenvalue weighted by Crippen LogP contribution is 2.45. The number of amides is 2. The van der Waals surface area contributed by atoms with Gasteiger partial charge in [-0.1, -0.05) is 91.0 Å². The van der Waals surface area contributed by atoms with Crippen molar-refractivity contribution in [1.29, 1.82) is 0 Å². The lowest BCUT2D eigenvalue weighted by Gasteiger charge is -2.37. The number of anilines is 1. The summed E-state index contributed by atoms with van der Waals surface area (Å²) in [6.07, 6.45) is 2.15. The summed E-state index contributed by atoms with van der Waals surface area (Å²) in [5, 5.41) is 15.4. The Morgan fingerprint density at radius 3 is 1.88 bits per heavy atom. The number of aromatic nitrogens is 2. The molecule has 7 nitrogen and oxygen atoms in total. The van der Waals surface area contributed by atoms with Gasteiger partial charge in [0.25, 0.3) is 0 Å². The van der Waals surface area contributed by atoms with Gasteiger partial charge in [0, 0.05) is 30.7 Å². The van der Waals surface area contributed by atoms with Crippen LogP contribution in [0.3, 0.4) is 0 Å². The highest BCUT2D eigenvalue weighted by atomic mass is 16.4. The number of rotatable bonds is 5. The van der Waals surface area contributed by atoms with Crippen LogP contribution in [0.15, 0.2) is 115 Å². The molecule has 7 heteroatoms. The molecule has 0 aliphatic carbocycles. The minimum atomic E-state index is -0.958. The van der Waals surface area contributed by atoms with Crippen LogP contribution < -0.4 is 4.90 Å². The maximum absolute atomic E-state index is 13.6. The van der Waals surface area contributed by atoms with Crippen LogP contribution in [0.25, 0.3) is 10.9 Å². The highest BCUT2D eigenvalue weighted by Gasteiger charge is 2.52. The smallest absolute Gasteiger partial charge is 0.407 e. The topological polar surface area (TPSA) is 78.7 Å². The number of benzene rings is 4. The molecule has 0 bridgehead atoms. The third-order valence-corrected chi connectivity index (χ3v) is 8.89. The Balaban J connectivity index is 1.36. The second-order valence-electron chi connectivity index (χ2n) is 11.0. The van der Waals surface area contributed by atoms with Crippen molar-refractivity contribution in [3.05, 3.63) is 132 Å². The van der Waals surface area contributed by atoms with Crippen LogP contribution in [0.1, 0.15) is 29.5 Å². The van der Waals surface area contributed by atoms with Crippen molar-refractivity contribution >= 4 is 28.6 Å². The fraction of sp³-hybridized carbons (Fsp3) is 0.206. The fourth-order valence-electron chi connectivity index (χ4n) is 6.84. The molecule has 41 heavy (non-hydrogen) atoms. The van der Waals surface area contributed by atoms with E-state index in [0.717, 1.165) is 33.3 Å². The highest BCUT2D eigenvalue weighted by molar-refractivity contribution is 6.02. The standard InChI is InChI=1S/C34H30N4O3/c39-31-33(18-20-36(24-33)32(40)41)19-21-37(31)29-16-17-30-25(22-29)23-35-38(30)34(26-10-4-1-5-11-26,27-12-6-2-7-13-27)28-14-8-3-9-15-28/h1-17,22-23H,18-21,24H2,(H,40,41)/t33-/m0/s1. The van der Waals surface area contributed by atoms with Crippen molar-refractivity contribution in [3.8, 4) is 0 Å². The van der Waals surface area contributed by atoms with Gasteiger partial charge in [-0.2, -0.15) is 5.10 Å². The zero-order valence-corrected chi connectivity index (χ0v) is 22.6. The molecule has 0 saturated carbocycles. The van der Waals surface area contributed by atoms with Crippen molar-refractivity contribution < 1.29 is 14.7 Å². The van der Waals surface area contributed by atoms with E-state index in [1.54, 1.807) is 0 Å². The van der Waals surface area contributed by atoms with Crippen LogP contribution >= 0.6 is 0 Å². The molecule has 2 aliphatic rings. The number of nitrogens with zero attached hydrogens (tertiary/aromatic N) is 4. The number of carbonyl (C=O) groups excluding carboxylic acids is 1. The van der Waals surface area contributed by atoms with E-state index in [9.17, 15) is 14.7 Å². The fourth-order valence-corrected chi connectivity index (χ4v) is 6.84. The molecule has 4 aromatic carbocycles. The first-order valence-electron chi connectivity index (χ1n) is 14.0. The zero-order valence-electron chi connectivity index (χ0n) is 22.6. The van der Waals surface area contributed by atoms with Gasteiger partial charge in [0.05, 0.1) is 17.1 Å². The number of carbonyl (C=O) groups is 2. The number of fused-ring (bicyclic) bond motifs is 1. The SMILES string of the molecule is O=C(O)N1CC[C@]2(CCN(c3ccc4c(cnn4C(c4ccccc4)(c4ccccc4)c4ccccc4)c3)C2=O)C1. The van der Waals surface area contributed by atoms with Crippen molar-refractivity contribution in [2.45, 2.75) is 18.4 Å². The van der Waals surface area contributed by atoms with Crippen molar-refractivity contribution in [1.82, 2.24) is 14.7 Å². The Hall–Kier alpha value is -4.91. The van der Waals surface area contributed by atoms with Gasteiger partial charge in [-0.05, 0) is 47.7 Å². The van der Waals surface area contributed by atoms with Crippen LogP contribution in [0, 0.1) is 5.41 Å². The second-order valence-corrected chi connectivity index (χ2v) is 11.0. The molecule has 3 heterocycles. The van der Waals surface area contributed by atoms with Gasteiger partial charge in [-0.15, -0.1) is 0 Å². The van der Waals surface area contributed by atoms with E-state index >= 15 is 0 Å². The van der Waals surface area contributed by atoms with E-state index in [0.29, 0.717) is 25.9 Å². The number of likely N-dealkylation sites (tertiary alicyclic amines) is 1. The zero-order chi connectivity index (χ0) is 28.0. The molecule has 1 aromatic heterocycles. The minimum Gasteiger partial charge on any atom is -0.465 e. The molecule has 0 radical (unpaired) electrons. The third-order valence-electron chi connectivity index (χ3n) is 8.89. The lowest BCUT2D eigenvalue weighted by Crippen LogP contribution is -2.38. The number of hydrogen-bond donors (Lipinski definition) is 1. The van der Waals surface area contributed by atoms with Gasteiger partial charge in [-0.3, -0.25) is 4.79 Å². The molecule has 0 unspecified atom stereocenters. The molecule has 204 valence electrons. The van der Waals surface area contributed by atoms with Crippen molar-refractivity contribution in [3.63, 3.8) is 0 Å². The maximum atomic E-state index is 13.6. The van der Waals surface area contributed by atoms with E-state index in [1.807, 2.05) is 41.4 Å². The molecule has 2 saturated heterocycles. The molecular weight excluding hydrogens is 512 g/mol. The average molecular weight is 543 g/mol. The first-order valence-corrected chi connectivity index (χ1v) is 14.0. The summed E-state index contributed by atoms with van der Waals surface area (Å²) < 4.78 is 2.10. The van der Waals surface area contributed by atoms with Crippen LogP contribution in [-0.2, 0) is 10.3 Å². The first-order chi connectivity index (χ1) is 20.0. The van der Waals surface area contributed by atoms with Gasteiger partial charge in [0.15, 0.2) is 0 Å². The van der Waals surface area contributed by atoms with E-state index in [2.05, 4.69) is 83.5 Å². The summed E-state index contributed by atoms with van der Waals surface area (Å²) in [4.78, 5) is 28.4. The predicted molar refractivity (Wildman–Crippen MR) is 158 cm³/mol. The van der Waals surface area contributed by atoms with Crippen molar-refractivity contribution in [2.24, 2.45) is 5.41 Å². The van der Waals surface area contributed by atoms with Crippen LogP contribution in [-0.4, -0.2) is 51.4 Å². The number of hydrogen-bond acceptors (Lipinski definition) is 3. The summed E-state index contributed by atoms with van der Waals surface area (Å²) >= 11 is 0. The van der Waals surface area contributed by atoms with Gasteiger partial charge >= 0.3 is 6.09 Å². The summed E-state index contributed by atoms with van der Waals surface area (Å²) in [7, 11) is 0. The molecule has 1 spiro atoms. The maximum Gasteiger partial charge on any atom is 0.407 e. The predicted octanol–water partition coefficient (Wildman–Crippen LogP) is 5.98. The van der Waals surface area contributed by atoms with Gasteiger partial charge in [0.1, 0.15) is 5.54 Å². The van der Waals surface area contributed by atoms with E-state index in [1.165, 1.54) is 4.90 Å². The third kappa shape index (κ3) is 3.84. The molecule has 7 rings (SSSR count). The lowest BCUT2D eigenvalue weighted by atomic mass is 9.77. The number of carboxylic acid groups (broad SMARTS) is 1. The van der Waals surface area contributed by atoms with E-state index < -0.39 is 17.0 Å².